The van der Waals surface area contributed by atoms with Crippen molar-refractivity contribution in [1.82, 2.24) is 0 Å². The average Bonchev–Trinajstić information content (AvgIpc) is 2.55. The van der Waals surface area contributed by atoms with Crippen molar-refractivity contribution in [2.24, 2.45) is 0 Å². The van der Waals surface area contributed by atoms with Crippen LogP contribution in [0, 0.1) is 6.92 Å². The van der Waals surface area contributed by atoms with Crippen molar-refractivity contribution in [1.29, 1.82) is 0 Å². The van der Waals surface area contributed by atoms with Gasteiger partial charge in [-0.3, -0.25) is 4.79 Å². The molecule has 1 aliphatic heterocycles. The van der Waals surface area contributed by atoms with Gasteiger partial charge in [0, 0.05) is 0 Å². The van der Waals surface area contributed by atoms with Gasteiger partial charge in [0.15, 0.2) is 0 Å². The fourth-order valence-electron chi connectivity index (χ4n) is 2.49. The molecule has 0 aromatic heterocycles. The van der Waals surface area contributed by atoms with Gasteiger partial charge in [0.05, 0.1) is 25.3 Å². The number of rotatable bonds is 4. The molecule has 4 heteroatoms. The van der Waals surface area contributed by atoms with Crippen LogP contribution in [0.25, 0.3) is 0 Å². The fourth-order valence-corrected chi connectivity index (χ4v) is 2.49. The minimum absolute atomic E-state index is 0.0612. The predicted molar refractivity (Wildman–Crippen MR) is 85.6 cm³/mol. The van der Waals surface area contributed by atoms with Gasteiger partial charge < -0.3 is 14.4 Å². The molecule has 0 radical (unpaired) electrons. The van der Waals surface area contributed by atoms with E-state index in [4.69, 9.17) is 9.47 Å². The van der Waals surface area contributed by atoms with E-state index in [1.807, 2.05) is 55.5 Å². The summed E-state index contributed by atoms with van der Waals surface area (Å²) in [6.45, 7) is 3.50. The Balaban J connectivity index is 1.63. The van der Waals surface area contributed by atoms with Gasteiger partial charge in [-0.15, -0.1) is 0 Å². The summed E-state index contributed by atoms with van der Waals surface area (Å²) in [6.07, 6.45) is 0.349. The van der Waals surface area contributed by atoms with E-state index in [1.165, 1.54) is 0 Å². The number of hydrogen-bond donors (Lipinski definition) is 0. The van der Waals surface area contributed by atoms with Gasteiger partial charge in [-0.1, -0.05) is 24.3 Å². The van der Waals surface area contributed by atoms with E-state index < -0.39 is 0 Å². The summed E-state index contributed by atoms with van der Waals surface area (Å²) in [5.41, 5.74) is 1.97. The monoisotopic (exact) mass is 297 g/mol. The Morgan fingerprint density at radius 2 is 2.05 bits per heavy atom. The van der Waals surface area contributed by atoms with Crippen LogP contribution in [0.15, 0.2) is 48.5 Å². The van der Waals surface area contributed by atoms with Crippen LogP contribution in [0.5, 0.6) is 11.5 Å². The standard InChI is InChI=1S/C18H19NO3/c1-14-7-8-17-16(13-14)19(10-12-22-17)18(20)9-11-21-15-5-3-2-4-6-15/h2-8,13H,9-12H2,1H3. The van der Waals surface area contributed by atoms with Crippen LogP contribution in [-0.4, -0.2) is 25.7 Å². The number of amides is 1. The second-order valence-corrected chi connectivity index (χ2v) is 5.28. The molecule has 0 bridgehead atoms. The number of ether oxygens (including phenoxy) is 2. The molecular formula is C18H19NO3. The molecule has 2 aromatic carbocycles. The molecule has 1 heterocycles. The molecule has 0 saturated heterocycles. The number of anilines is 1. The van der Waals surface area contributed by atoms with Crippen LogP contribution in [-0.2, 0) is 4.79 Å². The Labute approximate surface area is 130 Å². The number of hydrogen-bond acceptors (Lipinski definition) is 3. The molecule has 114 valence electrons. The van der Waals surface area contributed by atoms with E-state index in [0.717, 1.165) is 22.7 Å². The largest absolute Gasteiger partial charge is 0.493 e. The Morgan fingerprint density at radius 3 is 2.86 bits per heavy atom. The average molecular weight is 297 g/mol. The van der Waals surface area contributed by atoms with Crippen LogP contribution >= 0.6 is 0 Å². The van der Waals surface area contributed by atoms with E-state index in [0.29, 0.717) is 26.2 Å². The van der Waals surface area contributed by atoms with Crippen LogP contribution in [0.2, 0.25) is 0 Å². The number of aryl methyl sites for hydroxylation is 1. The van der Waals surface area contributed by atoms with E-state index in [1.54, 1.807) is 4.90 Å². The second kappa shape index (κ2) is 6.52. The fraction of sp³-hybridized carbons (Fsp3) is 0.278. The second-order valence-electron chi connectivity index (χ2n) is 5.28. The molecule has 0 aliphatic carbocycles. The lowest BCUT2D eigenvalue weighted by Gasteiger charge is -2.30. The van der Waals surface area contributed by atoms with Gasteiger partial charge in [0.25, 0.3) is 0 Å². The maximum absolute atomic E-state index is 12.5. The van der Waals surface area contributed by atoms with Gasteiger partial charge in [-0.2, -0.15) is 0 Å². The number of fused-ring (bicyclic) bond motifs is 1. The number of benzene rings is 2. The molecule has 22 heavy (non-hydrogen) atoms. The number of para-hydroxylation sites is 1. The summed E-state index contributed by atoms with van der Waals surface area (Å²) in [6, 6.07) is 15.4. The van der Waals surface area contributed by atoms with Gasteiger partial charge in [-0.05, 0) is 36.8 Å². The van der Waals surface area contributed by atoms with Crippen molar-refractivity contribution < 1.29 is 14.3 Å². The summed E-state index contributed by atoms with van der Waals surface area (Å²) >= 11 is 0. The first-order chi connectivity index (χ1) is 10.7. The number of nitrogens with zero attached hydrogens (tertiary/aromatic N) is 1. The Bertz CT molecular complexity index is 655. The van der Waals surface area contributed by atoms with Crippen molar-refractivity contribution in [3.8, 4) is 11.5 Å². The van der Waals surface area contributed by atoms with Gasteiger partial charge >= 0.3 is 0 Å². The highest BCUT2D eigenvalue weighted by atomic mass is 16.5. The smallest absolute Gasteiger partial charge is 0.230 e. The Kier molecular flexibility index (Phi) is 4.28. The minimum atomic E-state index is 0.0612. The maximum atomic E-state index is 12.5. The summed E-state index contributed by atoms with van der Waals surface area (Å²) in [7, 11) is 0. The van der Waals surface area contributed by atoms with E-state index in [2.05, 4.69) is 0 Å². The van der Waals surface area contributed by atoms with Crippen molar-refractivity contribution in [2.75, 3.05) is 24.7 Å². The molecule has 0 fully saturated rings. The lowest BCUT2D eigenvalue weighted by atomic mass is 10.1. The summed E-state index contributed by atoms with van der Waals surface area (Å²) in [4.78, 5) is 14.2. The first kappa shape index (κ1) is 14.4. The van der Waals surface area contributed by atoms with Crippen molar-refractivity contribution in [3.05, 3.63) is 54.1 Å². The topological polar surface area (TPSA) is 38.8 Å². The third kappa shape index (κ3) is 3.22. The van der Waals surface area contributed by atoms with E-state index in [-0.39, 0.29) is 5.91 Å². The minimum Gasteiger partial charge on any atom is -0.493 e. The van der Waals surface area contributed by atoms with Crippen LogP contribution in [0.3, 0.4) is 0 Å². The Morgan fingerprint density at radius 1 is 1.23 bits per heavy atom. The highest BCUT2D eigenvalue weighted by molar-refractivity contribution is 5.95. The van der Waals surface area contributed by atoms with Gasteiger partial charge in [0.1, 0.15) is 18.1 Å². The van der Waals surface area contributed by atoms with E-state index >= 15 is 0 Å². The first-order valence-corrected chi connectivity index (χ1v) is 7.46. The highest BCUT2D eigenvalue weighted by Crippen LogP contribution is 2.32. The quantitative estimate of drug-likeness (QED) is 0.870. The molecule has 0 N–H and O–H groups in total. The molecule has 0 unspecified atom stereocenters. The SMILES string of the molecule is Cc1ccc2c(c1)N(C(=O)CCOc1ccccc1)CCO2. The zero-order valence-corrected chi connectivity index (χ0v) is 12.6. The van der Waals surface area contributed by atoms with Crippen molar-refractivity contribution in [3.63, 3.8) is 0 Å². The molecule has 0 spiro atoms. The molecular weight excluding hydrogens is 278 g/mol. The lowest BCUT2D eigenvalue weighted by Crippen LogP contribution is -2.38. The van der Waals surface area contributed by atoms with Crippen molar-refractivity contribution in [2.45, 2.75) is 13.3 Å². The molecule has 1 aliphatic rings. The van der Waals surface area contributed by atoms with Crippen LogP contribution in [0.1, 0.15) is 12.0 Å². The van der Waals surface area contributed by atoms with Gasteiger partial charge in [-0.25, -0.2) is 0 Å². The number of carbonyl (C=O) groups excluding carboxylic acids is 1. The predicted octanol–water partition coefficient (Wildman–Crippen LogP) is 3.19. The summed E-state index contributed by atoms with van der Waals surface area (Å²) < 4.78 is 11.2. The summed E-state index contributed by atoms with van der Waals surface area (Å²) in [5, 5.41) is 0. The molecule has 2 aromatic rings. The molecule has 1 amide bonds. The molecule has 0 saturated carbocycles. The summed E-state index contributed by atoms with van der Waals surface area (Å²) in [5.74, 6) is 1.62. The Hall–Kier alpha value is -2.49. The molecule has 0 atom stereocenters. The third-order valence-corrected chi connectivity index (χ3v) is 3.61. The van der Waals surface area contributed by atoms with Crippen LogP contribution < -0.4 is 14.4 Å². The number of carbonyl (C=O) groups is 1. The zero-order chi connectivity index (χ0) is 15.4. The molecule has 3 rings (SSSR count). The maximum Gasteiger partial charge on any atom is 0.230 e. The lowest BCUT2D eigenvalue weighted by molar-refractivity contribution is -0.119. The molecule has 4 nitrogen and oxygen atoms in total. The first-order valence-electron chi connectivity index (χ1n) is 7.46. The van der Waals surface area contributed by atoms with Crippen LogP contribution in [0.4, 0.5) is 5.69 Å². The van der Waals surface area contributed by atoms with Crippen molar-refractivity contribution >= 4 is 11.6 Å². The van der Waals surface area contributed by atoms with Gasteiger partial charge in [0.2, 0.25) is 5.91 Å². The third-order valence-electron chi connectivity index (χ3n) is 3.61. The van der Waals surface area contributed by atoms with E-state index in [9.17, 15) is 4.79 Å². The zero-order valence-electron chi connectivity index (χ0n) is 12.6. The highest BCUT2D eigenvalue weighted by Gasteiger charge is 2.23. The normalized spacial score (nSPS) is 13.2.